The zero-order valence-corrected chi connectivity index (χ0v) is 13.3. The van der Waals surface area contributed by atoms with Gasteiger partial charge in [-0.25, -0.2) is 4.39 Å². The van der Waals surface area contributed by atoms with Crippen molar-refractivity contribution < 1.29 is 40.6 Å². The van der Waals surface area contributed by atoms with E-state index in [2.05, 4.69) is 0 Å². The highest BCUT2D eigenvalue weighted by molar-refractivity contribution is 6.35. The van der Waals surface area contributed by atoms with Gasteiger partial charge in [-0.3, -0.25) is 4.79 Å². The van der Waals surface area contributed by atoms with E-state index in [-0.39, 0.29) is 27.6 Å². The molecule has 138 valence electrons. The first kappa shape index (κ1) is 19.8. The molecule has 1 N–H and O–H groups in total. The summed E-state index contributed by atoms with van der Waals surface area (Å²) < 4.78 is 90.1. The van der Waals surface area contributed by atoms with Crippen LogP contribution in [0.25, 0.3) is 5.76 Å². The van der Waals surface area contributed by atoms with Crippen LogP contribution in [-0.2, 0) is 11.2 Å². The number of allylic oxidation sites excluding steroid dienone is 1. The number of rotatable bonds is 2. The fraction of sp³-hybridized carbons (Fsp3) is 0.357. The molecule has 1 aromatic rings. The monoisotopic (exact) mass is 410 g/mol. The second-order valence-electron chi connectivity index (χ2n) is 5.22. The molecule has 0 spiro atoms. The molecule has 2 nitrogen and oxygen atoms in total. The molecule has 2 rings (SSSR count). The molecule has 0 saturated carbocycles. The van der Waals surface area contributed by atoms with Crippen molar-refractivity contribution in [2.24, 2.45) is 0 Å². The Hall–Kier alpha value is -1.48. The van der Waals surface area contributed by atoms with Crippen molar-refractivity contribution in [3.05, 3.63) is 38.9 Å². The number of carbonyl (C=O) groups is 1. The first-order valence-electron chi connectivity index (χ1n) is 6.49. The molecule has 1 aliphatic rings. The Morgan fingerprint density at radius 3 is 1.96 bits per heavy atom. The molecule has 0 aliphatic heterocycles. The summed E-state index contributed by atoms with van der Waals surface area (Å²) in [6.45, 7) is 0. The van der Waals surface area contributed by atoms with E-state index < -0.39 is 41.6 Å². The lowest BCUT2D eigenvalue weighted by Gasteiger charge is -2.30. The molecule has 11 heteroatoms. The number of carbonyl (C=O) groups excluding carboxylic acids is 1. The van der Waals surface area contributed by atoms with E-state index in [0.717, 1.165) is 6.07 Å². The number of benzene rings is 1. The van der Waals surface area contributed by atoms with Gasteiger partial charge in [-0.1, -0.05) is 23.2 Å². The van der Waals surface area contributed by atoms with Crippen molar-refractivity contribution in [2.45, 2.75) is 30.9 Å². The van der Waals surface area contributed by atoms with E-state index in [4.69, 9.17) is 23.2 Å². The molecule has 0 aromatic heterocycles. The summed E-state index contributed by atoms with van der Waals surface area (Å²) in [5.74, 6) is -4.13. The number of aliphatic hydroxyl groups excluding tert-OH is 1. The van der Waals surface area contributed by atoms with Crippen LogP contribution < -0.4 is 0 Å². The van der Waals surface area contributed by atoms with Crippen molar-refractivity contribution in [1.29, 1.82) is 0 Å². The minimum Gasteiger partial charge on any atom is -0.507 e. The number of ketones is 1. The standard InChI is InChI=1S/C14H7Cl2F7O2/c15-5-3-8-6(9(16)4-5)1-2-7(10(8)24)11(25)12(17,13(18,19)20)14(21,22)23/h3-4,24H,1-2H2. The van der Waals surface area contributed by atoms with E-state index >= 15 is 0 Å². The van der Waals surface area contributed by atoms with Gasteiger partial charge in [-0.05, 0) is 30.5 Å². The largest absolute Gasteiger partial charge is 0.507 e. The Morgan fingerprint density at radius 2 is 1.48 bits per heavy atom. The smallest absolute Gasteiger partial charge is 0.439 e. The molecule has 0 radical (unpaired) electrons. The van der Waals surface area contributed by atoms with Crippen LogP contribution in [0.4, 0.5) is 30.7 Å². The number of Topliss-reactive ketones (excluding diaryl/α,β-unsaturated/α-hetero) is 1. The highest BCUT2D eigenvalue weighted by atomic mass is 35.5. The van der Waals surface area contributed by atoms with Crippen molar-refractivity contribution >= 4 is 34.7 Å². The van der Waals surface area contributed by atoms with Crippen LogP contribution in [0.1, 0.15) is 17.5 Å². The van der Waals surface area contributed by atoms with Crippen molar-refractivity contribution in [1.82, 2.24) is 0 Å². The van der Waals surface area contributed by atoms with Gasteiger partial charge in [-0.15, -0.1) is 0 Å². The van der Waals surface area contributed by atoms with Gasteiger partial charge in [0.1, 0.15) is 5.76 Å². The Balaban J connectivity index is 2.66. The summed E-state index contributed by atoms with van der Waals surface area (Å²) in [5, 5.41) is 9.89. The van der Waals surface area contributed by atoms with E-state index in [1.54, 1.807) is 0 Å². The molecular formula is C14H7Cl2F7O2. The summed E-state index contributed by atoms with van der Waals surface area (Å²) in [6, 6.07) is 2.25. The zero-order chi connectivity index (χ0) is 19.4. The lowest BCUT2D eigenvalue weighted by molar-refractivity contribution is -0.324. The van der Waals surface area contributed by atoms with E-state index in [1.165, 1.54) is 6.07 Å². The second-order valence-corrected chi connectivity index (χ2v) is 6.07. The predicted octanol–water partition coefficient (Wildman–Crippen LogP) is 5.61. The molecule has 1 aliphatic carbocycles. The van der Waals surface area contributed by atoms with Gasteiger partial charge >= 0.3 is 18.0 Å². The van der Waals surface area contributed by atoms with Gasteiger partial charge in [0.2, 0.25) is 5.78 Å². The van der Waals surface area contributed by atoms with Crippen LogP contribution in [0.5, 0.6) is 0 Å². The minimum absolute atomic E-state index is 0.00120. The maximum Gasteiger partial charge on any atom is 0.439 e. The third-order valence-corrected chi connectivity index (χ3v) is 4.25. The Labute approximate surface area is 145 Å². The highest BCUT2D eigenvalue weighted by Crippen LogP contribution is 2.49. The topological polar surface area (TPSA) is 37.3 Å². The van der Waals surface area contributed by atoms with Crippen LogP contribution in [0.15, 0.2) is 17.7 Å². The van der Waals surface area contributed by atoms with Crippen LogP contribution in [0.2, 0.25) is 10.0 Å². The van der Waals surface area contributed by atoms with E-state index in [0.29, 0.717) is 0 Å². The Morgan fingerprint density at radius 1 is 0.960 bits per heavy atom. The first-order chi connectivity index (χ1) is 11.2. The number of alkyl halides is 7. The molecular weight excluding hydrogens is 404 g/mol. The van der Waals surface area contributed by atoms with Gasteiger partial charge in [-0.2, -0.15) is 26.3 Å². The molecule has 0 saturated heterocycles. The maximum absolute atomic E-state index is 13.9. The van der Waals surface area contributed by atoms with Crippen LogP contribution in [0, 0.1) is 0 Å². The van der Waals surface area contributed by atoms with Crippen LogP contribution >= 0.6 is 23.2 Å². The normalized spacial score (nSPS) is 16.0. The summed E-state index contributed by atoms with van der Waals surface area (Å²) in [7, 11) is 0. The molecule has 1 aromatic carbocycles. The Bertz CT molecular complexity index is 752. The van der Waals surface area contributed by atoms with Gasteiger partial charge in [0.15, 0.2) is 0 Å². The minimum atomic E-state index is -6.55. The molecule has 0 unspecified atom stereocenters. The molecule has 0 amide bonds. The SMILES string of the molecule is O=C(C1=C(O)c2cc(Cl)cc(Cl)c2CC1)C(F)(C(F)(F)F)C(F)(F)F. The predicted molar refractivity (Wildman–Crippen MR) is 75.3 cm³/mol. The Kier molecular flexibility index (Phi) is 4.80. The highest BCUT2D eigenvalue weighted by Gasteiger charge is 2.77. The van der Waals surface area contributed by atoms with Crippen LogP contribution in [-0.4, -0.2) is 28.9 Å². The van der Waals surface area contributed by atoms with Crippen molar-refractivity contribution in [2.75, 3.05) is 0 Å². The zero-order valence-electron chi connectivity index (χ0n) is 11.8. The molecule has 0 fully saturated rings. The van der Waals surface area contributed by atoms with Gasteiger partial charge in [0, 0.05) is 21.2 Å². The number of hydrogen-bond donors (Lipinski definition) is 1. The van der Waals surface area contributed by atoms with Gasteiger partial charge in [0.25, 0.3) is 0 Å². The van der Waals surface area contributed by atoms with Gasteiger partial charge < -0.3 is 5.11 Å². The van der Waals surface area contributed by atoms with Crippen LogP contribution in [0.3, 0.4) is 0 Å². The van der Waals surface area contributed by atoms with E-state index in [9.17, 15) is 40.6 Å². The quantitative estimate of drug-likeness (QED) is 0.643. The summed E-state index contributed by atoms with van der Waals surface area (Å²) >= 11 is 11.5. The third kappa shape index (κ3) is 3.08. The average molecular weight is 411 g/mol. The summed E-state index contributed by atoms with van der Waals surface area (Å²) in [5.41, 5.74) is -7.62. The van der Waals surface area contributed by atoms with E-state index in [1.807, 2.05) is 0 Å². The lowest BCUT2D eigenvalue weighted by Crippen LogP contribution is -2.59. The average Bonchev–Trinajstić information content (AvgIpc) is 2.44. The fourth-order valence-corrected chi connectivity index (χ4v) is 3.03. The van der Waals surface area contributed by atoms with Crippen molar-refractivity contribution in [3.8, 4) is 0 Å². The van der Waals surface area contributed by atoms with Crippen molar-refractivity contribution in [3.63, 3.8) is 0 Å². The summed E-state index contributed by atoms with van der Waals surface area (Å²) in [6.07, 6.45) is -14.1. The summed E-state index contributed by atoms with van der Waals surface area (Å²) in [4.78, 5) is 11.8. The number of hydrogen-bond acceptors (Lipinski definition) is 2. The fourth-order valence-electron chi connectivity index (χ4n) is 2.45. The molecule has 0 bridgehead atoms. The number of halogens is 9. The molecule has 25 heavy (non-hydrogen) atoms. The number of aliphatic hydroxyl groups is 1. The van der Waals surface area contributed by atoms with Gasteiger partial charge in [0.05, 0.1) is 0 Å². The molecule has 0 atom stereocenters. The maximum atomic E-state index is 13.9. The second kappa shape index (κ2) is 6.05. The third-order valence-electron chi connectivity index (χ3n) is 3.69. The molecule has 0 heterocycles. The first-order valence-corrected chi connectivity index (χ1v) is 7.25. The number of fused-ring (bicyclic) bond motifs is 1. The lowest BCUT2D eigenvalue weighted by atomic mass is 9.83.